The molecule has 3 aromatic rings. The molecule has 1 aromatic carbocycles. The number of thioether (sulfide) groups is 1. The second kappa shape index (κ2) is 46.7. The fraction of sp³-hybridized carbons (Fsp3) is 0.682. The van der Waals surface area contributed by atoms with Crippen LogP contribution in [0.2, 0.25) is 0 Å². The largest absolute Gasteiger partial charge is 0.480 e. The van der Waals surface area contributed by atoms with Gasteiger partial charge in [0.1, 0.15) is 48.1 Å². The number of imidazole rings is 1. The third-order valence-corrected chi connectivity index (χ3v) is 26.7. The molecule has 8 rings (SSSR count). The van der Waals surface area contributed by atoms with Gasteiger partial charge in [-0.25, -0.2) is 4.98 Å². The quantitative estimate of drug-likeness (QED) is 0.0347. The van der Waals surface area contributed by atoms with E-state index in [1.165, 1.54) is 31.2 Å². The number of nitrogens with two attached hydrogens (primary N) is 2. The second-order valence-electron chi connectivity index (χ2n) is 35.6. The zero-order chi connectivity index (χ0) is 90.9. The molecule has 3 heterocycles. The van der Waals surface area contributed by atoms with Crippen molar-refractivity contribution >= 4 is 117 Å². The predicted octanol–water partition coefficient (Wildman–Crippen LogP) is -0.257. The van der Waals surface area contributed by atoms with Gasteiger partial charge in [-0.2, -0.15) is 11.8 Å². The number of hydrogen-bond donors (Lipinski definition) is 17. The lowest BCUT2D eigenvalue weighted by atomic mass is 9.44. The molecule has 1 saturated heterocycles. The Balaban J connectivity index is 0.836. The fourth-order valence-electron chi connectivity index (χ4n) is 19.2. The van der Waals surface area contributed by atoms with Crippen molar-refractivity contribution in [1.82, 2.24) is 87.7 Å². The highest BCUT2D eigenvalue weighted by atomic mass is 32.2. The smallest absolute Gasteiger partial charge is 0.317 e. The minimum absolute atomic E-state index is 0.0434. The Morgan fingerprint density at radius 3 is 1.73 bits per heavy atom. The zero-order valence-electron chi connectivity index (χ0n) is 72.9. The van der Waals surface area contributed by atoms with Gasteiger partial charge in [0.25, 0.3) is 0 Å². The van der Waals surface area contributed by atoms with E-state index in [1.807, 2.05) is 38.3 Å². The molecule has 124 heavy (non-hydrogen) atoms. The van der Waals surface area contributed by atoms with E-state index in [0.717, 1.165) is 43.0 Å². The van der Waals surface area contributed by atoms with E-state index >= 15 is 4.79 Å². The number of nitrogens with zero attached hydrogens (tertiary/aromatic N) is 5. The van der Waals surface area contributed by atoms with Crippen LogP contribution in [0.3, 0.4) is 0 Å². The minimum Gasteiger partial charge on any atom is -0.480 e. The highest BCUT2D eigenvalue weighted by molar-refractivity contribution is 7.98. The van der Waals surface area contributed by atoms with Gasteiger partial charge in [-0.3, -0.25) is 96.3 Å². The SMILES string of the molecule is CSCC[C@H](NC(=O)[C@H](CC(C)C)NC(=O)[C@H](Cc1cnc[nH]1)NC(=O)CNC(=O)[C@@H](NC(=O)[C@H](C)NC(=O)[C@H](Cc1c[nH]c2ccccc12)NC(=O)[C@H](CCC(N)=O)NC(=O)CCC(C)[C@H]1CCC2C3CCC4C[C@@H](NC(=O)CNC(=O)CN5CCN(CC(=O)O)CCN(CC(=O)O)CCN(CC(=O)O)CC5)CC[C@]4(C)C3CC(=O)[C@@]21C)C(C)C)C(N)=O. The average Bonchev–Trinajstić information content (AvgIpc) is 1.49. The fourth-order valence-corrected chi connectivity index (χ4v) is 19.7. The molecule has 16 atom stereocenters. The Bertz CT molecular complexity index is 4210. The summed E-state index contributed by atoms with van der Waals surface area (Å²) >= 11 is 1.46. The average molecular weight is 1760 g/mol. The molecule has 38 nitrogen and oxygen atoms in total. The summed E-state index contributed by atoms with van der Waals surface area (Å²) < 4.78 is 0. The topological polar surface area (TPSA) is 564 Å². The van der Waals surface area contributed by atoms with Crippen LogP contribution in [-0.4, -0.2) is 296 Å². The van der Waals surface area contributed by atoms with Crippen LogP contribution in [-0.2, 0) is 89.6 Å². The van der Waals surface area contributed by atoms with Crippen molar-refractivity contribution in [2.75, 3.05) is 104 Å². The lowest BCUT2D eigenvalue weighted by molar-refractivity contribution is -0.158. The third kappa shape index (κ3) is 28.7. The molecule has 12 amide bonds. The maximum Gasteiger partial charge on any atom is 0.317 e. The molecule has 686 valence electrons. The number of amides is 12. The van der Waals surface area contributed by atoms with Crippen LogP contribution in [0.25, 0.3) is 10.9 Å². The Morgan fingerprint density at radius 2 is 1.15 bits per heavy atom. The molecular weight excluding hydrogens is 1620 g/mol. The number of rotatable bonds is 44. The van der Waals surface area contributed by atoms with Crippen molar-refractivity contribution in [1.29, 1.82) is 0 Å². The molecule has 5 unspecified atom stereocenters. The molecule has 0 bridgehead atoms. The first-order chi connectivity index (χ1) is 58.7. The van der Waals surface area contributed by atoms with Gasteiger partial charge in [0, 0.05) is 125 Å². The van der Waals surface area contributed by atoms with E-state index in [1.54, 1.807) is 45.7 Å². The molecule has 0 spiro atoms. The molecule has 0 radical (unpaired) electrons. The van der Waals surface area contributed by atoms with Crippen LogP contribution in [0.15, 0.2) is 43.0 Å². The van der Waals surface area contributed by atoms with E-state index in [2.05, 4.69) is 88.9 Å². The number of carboxylic acid groups (broad SMARTS) is 3. The number of para-hydroxylation sites is 1. The molecule has 2 aromatic heterocycles. The van der Waals surface area contributed by atoms with Crippen LogP contribution >= 0.6 is 11.8 Å². The highest BCUT2D eigenvalue weighted by Crippen LogP contribution is 2.67. The number of benzene rings is 1. The maximum atomic E-state index is 15.0. The summed E-state index contributed by atoms with van der Waals surface area (Å²) in [4.78, 5) is 232. The van der Waals surface area contributed by atoms with E-state index in [0.29, 0.717) is 42.7 Å². The number of primary amides is 2. The number of carbonyl (C=O) groups is 16. The Kier molecular flexibility index (Phi) is 37.4. The number of hydrogen-bond acceptors (Lipinski definition) is 22. The highest BCUT2D eigenvalue weighted by Gasteiger charge is 2.64. The lowest BCUT2D eigenvalue weighted by Gasteiger charge is -2.60. The lowest BCUT2D eigenvalue weighted by Crippen LogP contribution is -2.59. The summed E-state index contributed by atoms with van der Waals surface area (Å²) in [6.07, 6.45) is 12.3. The molecule has 5 fully saturated rings. The molecule has 19 N–H and O–H groups in total. The van der Waals surface area contributed by atoms with Crippen molar-refractivity contribution in [2.45, 2.75) is 206 Å². The van der Waals surface area contributed by atoms with Crippen LogP contribution in [0.1, 0.15) is 157 Å². The summed E-state index contributed by atoms with van der Waals surface area (Å²) in [5.41, 5.74) is 12.2. The summed E-state index contributed by atoms with van der Waals surface area (Å²) in [7, 11) is 0. The summed E-state index contributed by atoms with van der Waals surface area (Å²) in [6, 6.07) is -1.75. The van der Waals surface area contributed by atoms with E-state index in [-0.39, 0.29) is 195 Å². The molecular formula is C85H131N19O19S. The number of fused-ring (bicyclic) bond motifs is 6. The zero-order valence-corrected chi connectivity index (χ0v) is 73.7. The summed E-state index contributed by atoms with van der Waals surface area (Å²) in [5, 5.41) is 56.8. The molecule has 5 aliphatic rings. The molecule has 4 saturated carbocycles. The third-order valence-electron chi connectivity index (χ3n) is 26.0. The summed E-state index contributed by atoms with van der Waals surface area (Å²) in [5.74, 6) is -10.9. The van der Waals surface area contributed by atoms with Crippen molar-refractivity contribution in [3.63, 3.8) is 0 Å². The number of aromatic nitrogens is 3. The van der Waals surface area contributed by atoms with Gasteiger partial charge in [0.15, 0.2) is 0 Å². The first-order valence-corrected chi connectivity index (χ1v) is 44.8. The number of Topliss-reactive ketones (excluding diaryl/α,β-unsaturated/α-hetero) is 1. The van der Waals surface area contributed by atoms with Crippen molar-refractivity contribution < 1.29 is 92.0 Å². The van der Waals surface area contributed by atoms with Gasteiger partial charge in [-0.05, 0) is 154 Å². The van der Waals surface area contributed by atoms with Crippen molar-refractivity contribution in [2.24, 2.45) is 69.6 Å². The number of carboxylic acids is 3. The van der Waals surface area contributed by atoms with E-state index in [4.69, 9.17) is 11.5 Å². The predicted molar refractivity (Wildman–Crippen MR) is 459 cm³/mol. The number of H-pyrrole nitrogens is 2. The van der Waals surface area contributed by atoms with Gasteiger partial charge in [0.05, 0.1) is 45.6 Å². The molecule has 1 aliphatic heterocycles. The Labute approximate surface area is 727 Å². The van der Waals surface area contributed by atoms with Gasteiger partial charge >= 0.3 is 17.9 Å². The maximum absolute atomic E-state index is 15.0. The number of aromatic amines is 2. The van der Waals surface area contributed by atoms with Gasteiger partial charge in [-0.15, -0.1) is 0 Å². The van der Waals surface area contributed by atoms with Crippen LogP contribution in [0, 0.1) is 58.2 Å². The van der Waals surface area contributed by atoms with Crippen molar-refractivity contribution in [3.8, 4) is 0 Å². The number of aliphatic carboxylic acids is 3. The van der Waals surface area contributed by atoms with Crippen LogP contribution < -0.4 is 64.6 Å². The van der Waals surface area contributed by atoms with Gasteiger partial charge < -0.3 is 89.9 Å². The second-order valence-corrected chi connectivity index (χ2v) is 36.6. The normalized spacial score (nSPS) is 23.5. The monoisotopic (exact) mass is 1750 g/mol. The standard InChI is InChI=1S/C85H131N19O19S/c1-48(2)34-64(81(121)97-62(77(87)117)23-33-124-9)98-82(122)66(37-55-40-88-47-92-55)96-71(109)42-91-83(123)76(49(3)4)100-78(118)51(6)93-80(120)65(35-52-39-89-61-13-11-10-12-56(52)61)99-79(119)63(19-20-68(86)106)95-69(107)21-14-50(5)58-17-18-59-57-16-15-53-36-54(22-24-84(53,7)60(57)38-67(105)85(58,59)8)94-70(108)41-90-72(110)43-101-25-27-102(44-73(111)112)29-31-104(46-75(115)116)32-30-103(28-26-101)45-74(113)114/h10-13,39-40,47-51,53-54,57-60,62-66,76,89H,14-38,41-46H2,1-9H3,(H2,86,106)(H2,87,117)(H,88,92)(H,90,110)(H,91,123)(H,93,120)(H,94,108)(H,95,107)(H,96,109)(H,97,121)(H,98,122)(H,99,119)(H,100,118)(H,111,112)(H,113,114)(H,115,116)/t50?,51-,53?,54-,57?,58+,59?,60?,62-,63-,64-,65-,66-,76-,84-,85+/m0/s1. The van der Waals surface area contributed by atoms with Crippen molar-refractivity contribution in [3.05, 3.63) is 54.2 Å². The summed E-state index contributed by atoms with van der Waals surface area (Å²) in [6.45, 7) is 14.6. The van der Waals surface area contributed by atoms with Crippen LogP contribution in [0.5, 0.6) is 0 Å². The molecule has 4 aliphatic carbocycles. The Morgan fingerprint density at radius 1 is 0.573 bits per heavy atom. The van der Waals surface area contributed by atoms with Gasteiger partial charge in [0.2, 0.25) is 70.9 Å². The molecule has 39 heteroatoms. The van der Waals surface area contributed by atoms with E-state index in [9.17, 15) is 87.2 Å². The minimum atomic E-state index is -1.41. The number of nitrogens with one attached hydrogen (secondary N) is 12. The number of carbonyl (C=O) groups excluding carboxylic acids is 13. The van der Waals surface area contributed by atoms with E-state index < -0.39 is 143 Å². The van der Waals surface area contributed by atoms with Crippen LogP contribution in [0.4, 0.5) is 0 Å². The number of ketones is 1. The first kappa shape index (κ1) is 99.3. The first-order valence-electron chi connectivity index (χ1n) is 43.4. The Hall–Kier alpha value is -10.1. The van der Waals surface area contributed by atoms with Gasteiger partial charge in [-0.1, -0.05) is 66.7 Å².